The van der Waals surface area contributed by atoms with Gasteiger partial charge < -0.3 is 10.3 Å². The molecule has 6 nitrogen and oxygen atoms in total. The van der Waals surface area contributed by atoms with Gasteiger partial charge in [0, 0.05) is 15.7 Å². The molecule has 4 aromatic rings. The Morgan fingerprint density at radius 3 is 2.53 bits per heavy atom. The molecule has 1 aromatic heterocycles. The number of H-pyrrole nitrogens is 1. The second-order valence-electron chi connectivity index (χ2n) is 6.89. The number of aromatic amines is 1. The number of hydrogen-bond donors (Lipinski definition) is 2. The molecule has 0 atom stereocenters. The summed E-state index contributed by atoms with van der Waals surface area (Å²) in [7, 11) is -3.59. The van der Waals surface area contributed by atoms with E-state index in [-0.39, 0.29) is 5.75 Å². The van der Waals surface area contributed by atoms with E-state index in [1.165, 1.54) is 0 Å². The van der Waals surface area contributed by atoms with Crippen molar-refractivity contribution in [2.24, 2.45) is 0 Å². The number of rotatable bonds is 6. The van der Waals surface area contributed by atoms with Gasteiger partial charge in [0.05, 0.1) is 16.8 Å². The molecule has 30 heavy (non-hydrogen) atoms. The van der Waals surface area contributed by atoms with Crippen LogP contribution in [0.1, 0.15) is 5.56 Å². The molecule has 0 aliphatic heterocycles. The Morgan fingerprint density at radius 2 is 1.77 bits per heavy atom. The first kappa shape index (κ1) is 20.3. The summed E-state index contributed by atoms with van der Waals surface area (Å²) in [6.45, 7) is 0. The monoisotopic (exact) mass is 483 g/mol. The number of aromatic nitrogens is 2. The van der Waals surface area contributed by atoms with E-state index < -0.39 is 21.5 Å². The Labute approximate surface area is 182 Å². The number of nitrogens with one attached hydrogen (secondary N) is 2. The number of carbonyl (C=O) groups is 1. The molecule has 0 saturated heterocycles. The zero-order chi connectivity index (χ0) is 21.1. The largest absolute Gasteiger partial charge is 0.338 e. The highest BCUT2D eigenvalue weighted by Crippen LogP contribution is 2.23. The van der Waals surface area contributed by atoms with E-state index >= 15 is 0 Å². The summed E-state index contributed by atoms with van der Waals surface area (Å²) in [5, 5.41) is 2.67. The van der Waals surface area contributed by atoms with Gasteiger partial charge in [-0.3, -0.25) is 4.79 Å². The van der Waals surface area contributed by atoms with E-state index in [1.807, 2.05) is 30.3 Å². The molecule has 0 bridgehead atoms. The van der Waals surface area contributed by atoms with Crippen LogP contribution in [0.15, 0.2) is 77.3 Å². The van der Waals surface area contributed by atoms with Crippen molar-refractivity contribution < 1.29 is 13.2 Å². The quantitative estimate of drug-likeness (QED) is 0.420. The van der Waals surface area contributed by atoms with Crippen LogP contribution in [0.2, 0.25) is 0 Å². The molecule has 1 amide bonds. The van der Waals surface area contributed by atoms with Crippen LogP contribution in [0.25, 0.3) is 22.4 Å². The number of nitrogens with zero attached hydrogens (tertiary/aromatic N) is 1. The zero-order valence-electron chi connectivity index (χ0n) is 15.8. The lowest BCUT2D eigenvalue weighted by Crippen LogP contribution is -2.24. The smallest absolute Gasteiger partial charge is 0.239 e. The van der Waals surface area contributed by atoms with Crippen molar-refractivity contribution in [2.75, 3.05) is 11.1 Å². The van der Waals surface area contributed by atoms with Crippen LogP contribution in [0, 0.1) is 0 Å². The third kappa shape index (κ3) is 4.95. The first-order valence-corrected chi connectivity index (χ1v) is 11.8. The molecule has 2 N–H and O–H groups in total. The van der Waals surface area contributed by atoms with Gasteiger partial charge in [0.2, 0.25) is 5.91 Å². The Bertz CT molecular complexity index is 1280. The van der Waals surface area contributed by atoms with Crippen molar-refractivity contribution in [2.45, 2.75) is 5.75 Å². The zero-order valence-corrected chi connectivity index (χ0v) is 18.2. The highest BCUT2D eigenvalue weighted by Gasteiger charge is 2.18. The highest BCUT2D eigenvalue weighted by molar-refractivity contribution is 9.10. The van der Waals surface area contributed by atoms with Crippen LogP contribution in [-0.2, 0) is 20.4 Å². The van der Waals surface area contributed by atoms with E-state index in [2.05, 4.69) is 31.2 Å². The van der Waals surface area contributed by atoms with Crippen LogP contribution in [0.3, 0.4) is 0 Å². The topological polar surface area (TPSA) is 91.9 Å². The summed E-state index contributed by atoms with van der Waals surface area (Å²) in [4.78, 5) is 20.1. The Kier molecular flexibility index (Phi) is 5.69. The normalized spacial score (nSPS) is 11.5. The minimum absolute atomic E-state index is 0.188. The number of anilines is 1. The van der Waals surface area contributed by atoms with Gasteiger partial charge in [0.1, 0.15) is 11.6 Å². The maximum absolute atomic E-state index is 12.4. The fourth-order valence-electron chi connectivity index (χ4n) is 3.12. The standard InChI is InChI=1S/C22H18BrN3O3S/c23-17-10-8-15(9-11-17)13-30(28,29)14-21(27)24-18-5-3-4-16(12-18)22-25-19-6-1-2-7-20(19)26-22/h1-12H,13-14H2,(H,24,27)(H,25,26). The minimum Gasteiger partial charge on any atom is -0.338 e. The first-order chi connectivity index (χ1) is 14.4. The lowest BCUT2D eigenvalue weighted by atomic mass is 10.2. The third-order valence-electron chi connectivity index (χ3n) is 4.46. The molecule has 4 rings (SSSR count). The van der Waals surface area contributed by atoms with Crippen molar-refractivity contribution in [1.82, 2.24) is 9.97 Å². The number of carbonyl (C=O) groups excluding carboxylic acids is 1. The Hall–Kier alpha value is -2.97. The fraction of sp³-hybridized carbons (Fsp3) is 0.0909. The number of amides is 1. The molecule has 8 heteroatoms. The summed E-state index contributed by atoms with van der Waals surface area (Å²) >= 11 is 3.31. The van der Waals surface area contributed by atoms with Crippen LogP contribution in [0.4, 0.5) is 5.69 Å². The van der Waals surface area contributed by atoms with Crippen LogP contribution < -0.4 is 5.32 Å². The van der Waals surface area contributed by atoms with Gasteiger partial charge in [-0.05, 0) is 42.0 Å². The van der Waals surface area contributed by atoms with Gasteiger partial charge in [0.25, 0.3) is 0 Å². The molecular weight excluding hydrogens is 466 g/mol. The van der Waals surface area contributed by atoms with Crippen LogP contribution in [0.5, 0.6) is 0 Å². The average Bonchev–Trinajstić information content (AvgIpc) is 3.13. The highest BCUT2D eigenvalue weighted by atomic mass is 79.9. The molecule has 0 aliphatic rings. The van der Waals surface area contributed by atoms with Gasteiger partial charge in [-0.25, -0.2) is 13.4 Å². The number of para-hydroxylation sites is 2. The van der Waals surface area contributed by atoms with Gasteiger partial charge >= 0.3 is 0 Å². The van der Waals surface area contributed by atoms with E-state index in [0.29, 0.717) is 17.1 Å². The molecule has 1 heterocycles. The minimum atomic E-state index is -3.59. The lowest BCUT2D eigenvalue weighted by molar-refractivity contribution is -0.113. The number of benzene rings is 3. The first-order valence-electron chi connectivity index (χ1n) is 9.18. The van der Waals surface area contributed by atoms with E-state index in [1.54, 1.807) is 42.5 Å². The predicted octanol–water partition coefficient (Wildman–Crippen LogP) is 4.55. The fourth-order valence-corrected chi connectivity index (χ4v) is 4.65. The summed E-state index contributed by atoms with van der Waals surface area (Å²) in [5.41, 5.74) is 3.71. The second-order valence-corrected chi connectivity index (χ2v) is 9.87. The van der Waals surface area contributed by atoms with Crippen LogP contribution >= 0.6 is 15.9 Å². The molecule has 0 saturated carbocycles. The van der Waals surface area contributed by atoms with Gasteiger partial charge in [0.15, 0.2) is 9.84 Å². The van der Waals surface area contributed by atoms with Crippen molar-refractivity contribution in [3.8, 4) is 11.4 Å². The van der Waals surface area contributed by atoms with Gasteiger partial charge in [-0.1, -0.05) is 52.3 Å². The number of halogens is 1. The van der Waals surface area contributed by atoms with Crippen LogP contribution in [-0.4, -0.2) is 30.0 Å². The second kappa shape index (κ2) is 8.41. The van der Waals surface area contributed by atoms with Gasteiger partial charge in [-0.15, -0.1) is 0 Å². The molecule has 0 radical (unpaired) electrons. The summed E-state index contributed by atoms with van der Waals surface area (Å²) < 4.78 is 25.6. The van der Waals surface area contributed by atoms with Crippen molar-refractivity contribution in [3.05, 3.63) is 82.8 Å². The number of hydrogen-bond acceptors (Lipinski definition) is 4. The van der Waals surface area contributed by atoms with E-state index in [0.717, 1.165) is 21.1 Å². The van der Waals surface area contributed by atoms with Gasteiger partial charge in [-0.2, -0.15) is 0 Å². The van der Waals surface area contributed by atoms with Crippen molar-refractivity contribution in [3.63, 3.8) is 0 Å². The molecule has 0 fully saturated rings. The maximum atomic E-state index is 12.4. The number of sulfone groups is 1. The molecule has 152 valence electrons. The third-order valence-corrected chi connectivity index (χ3v) is 6.46. The molecular formula is C22H18BrN3O3S. The Morgan fingerprint density at radius 1 is 1.00 bits per heavy atom. The number of imidazole rings is 1. The SMILES string of the molecule is O=C(CS(=O)(=O)Cc1ccc(Br)cc1)Nc1cccc(-c2nc3ccccc3[nH]2)c1. The van der Waals surface area contributed by atoms with E-state index in [9.17, 15) is 13.2 Å². The molecule has 3 aromatic carbocycles. The molecule has 0 aliphatic carbocycles. The summed E-state index contributed by atoms with van der Waals surface area (Å²) in [6, 6.07) is 21.8. The Balaban J connectivity index is 1.45. The molecule has 0 unspecified atom stereocenters. The summed E-state index contributed by atoms with van der Waals surface area (Å²) in [5.74, 6) is -0.672. The predicted molar refractivity (Wildman–Crippen MR) is 122 cm³/mol. The maximum Gasteiger partial charge on any atom is 0.239 e. The van der Waals surface area contributed by atoms with Crippen molar-refractivity contribution in [1.29, 1.82) is 0 Å². The molecule has 0 spiro atoms. The number of fused-ring (bicyclic) bond motifs is 1. The van der Waals surface area contributed by atoms with E-state index in [4.69, 9.17) is 0 Å². The average molecular weight is 484 g/mol. The van der Waals surface area contributed by atoms with Crippen molar-refractivity contribution >= 4 is 48.4 Å². The summed E-state index contributed by atoms with van der Waals surface area (Å²) in [6.07, 6.45) is 0. The lowest BCUT2D eigenvalue weighted by Gasteiger charge is -2.08.